The van der Waals surface area contributed by atoms with Crippen LogP contribution in [-0.4, -0.2) is 37.2 Å². The van der Waals surface area contributed by atoms with Crippen LogP contribution < -0.4 is 0 Å². The number of allylic oxidation sites excluding steroid dienone is 10. The summed E-state index contributed by atoms with van der Waals surface area (Å²) < 4.78 is 16.9. The van der Waals surface area contributed by atoms with Crippen molar-refractivity contribution >= 4 is 17.9 Å². The van der Waals surface area contributed by atoms with Crippen LogP contribution in [0.1, 0.15) is 393 Å². The molecule has 0 radical (unpaired) electrons. The van der Waals surface area contributed by atoms with Crippen molar-refractivity contribution in [1.82, 2.24) is 0 Å². The van der Waals surface area contributed by atoms with Crippen LogP contribution in [0.3, 0.4) is 0 Å². The summed E-state index contributed by atoms with van der Waals surface area (Å²) in [4.78, 5) is 38.3. The number of carbonyl (C=O) groups is 3. The summed E-state index contributed by atoms with van der Waals surface area (Å²) in [6, 6.07) is 0. The van der Waals surface area contributed by atoms with Crippen LogP contribution in [0.2, 0.25) is 0 Å². The third-order valence-electron chi connectivity index (χ3n) is 16.5. The molecule has 0 aromatic rings. The lowest BCUT2D eigenvalue weighted by Crippen LogP contribution is -2.30. The average Bonchev–Trinajstić information content (AvgIpc) is 3.49. The molecule has 484 valence electrons. The van der Waals surface area contributed by atoms with Gasteiger partial charge in [-0.1, -0.05) is 364 Å². The molecule has 0 aromatic carbocycles. The van der Waals surface area contributed by atoms with Gasteiger partial charge in [-0.05, 0) is 70.6 Å². The fourth-order valence-electron chi connectivity index (χ4n) is 11.0. The Kier molecular flexibility index (Phi) is 69.1. The molecular formula is C77H140O6. The molecule has 0 amide bonds. The third-order valence-corrected chi connectivity index (χ3v) is 16.5. The van der Waals surface area contributed by atoms with Crippen molar-refractivity contribution in [3.05, 3.63) is 60.8 Å². The summed E-state index contributed by atoms with van der Waals surface area (Å²) in [5.74, 6) is -0.964. The second-order valence-corrected chi connectivity index (χ2v) is 24.8. The van der Waals surface area contributed by atoms with Crippen molar-refractivity contribution in [2.24, 2.45) is 0 Å². The Morgan fingerprint density at radius 2 is 0.494 bits per heavy atom. The molecule has 6 nitrogen and oxygen atoms in total. The van der Waals surface area contributed by atoms with E-state index in [1.54, 1.807) is 0 Å². The molecule has 0 saturated heterocycles. The van der Waals surface area contributed by atoms with Gasteiger partial charge in [0.05, 0.1) is 0 Å². The fraction of sp³-hybridized carbons (Fsp3) is 0.831. The quantitative estimate of drug-likeness (QED) is 0.0261. The van der Waals surface area contributed by atoms with Crippen LogP contribution in [0.15, 0.2) is 60.8 Å². The van der Waals surface area contributed by atoms with Gasteiger partial charge in [0.1, 0.15) is 13.2 Å². The molecule has 6 heteroatoms. The predicted octanol–water partition coefficient (Wildman–Crippen LogP) is 25.5. The fourth-order valence-corrected chi connectivity index (χ4v) is 11.0. The molecule has 1 unspecified atom stereocenters. The van der Waals surface area contributed by atoms with Crippen molar-refractivity contribution < 1.29 is 28.6 Å². The van der Waals surface area contributed by atoms with E-state index in [-0.39, 0.29) is 37.5 Å². The van der Waals surface area contributed by atoms with Gasteiger partial charge >= 0.3 is 17.9 Å². The van der Waals surface area contributed by atoms with Crippen LogP contribution in [0, 0.1) is 0 Å². The lowest BCUT2D eigenvalue weighted by Gasteiger charge is -2.18. The van der Waals surface area contributed by atoms with Gasteiger partial charge in [0.15, 0.2) is 6.10 Å². The Morgan fingerprint density at radius 3 is 0.807 bits per heavy atom. The van der Waals surface area contributed by atoms with Crippen molar-refractivity contribution in [1.29, 1.82) is 0 Å². The van der Waals surface area contributed by atoms with Crippen LogP contribution in [0.25, 0.3) is 0 Å². The zero-order valence-corrected chi connectivity index (χ0v) is 55.7. The molecule has 1 atom stereocenters. The summed E-state index contributed by atoms with van der Waals surface area (Å²) in [5.41, 5.74) is 0. The Hall–Kier alpha value is -2.89. The van der Waals surface area contributed by atoms with E-state index in [2.05, 4.69) is 75.5 Å². The first-order valence-corrected chi connectivity index (χ1v) is 36.8. The molecule has 0 rings (SSSR count). The van der Waals surface area contributed by atoms with E-state index < -0.39 is 6.10 Å². The van der Waals surface area contributed by atoms with Gasteiger partial charge in [-0.2, -0.15) is 0 Å². The lowest BCUT2D eigenvalue weighted by molar-refractivity contribution is -0.166. The van der Waals surface area contributed by atoms with Crippen molar-refractivity contribution in [2.45, 2.75) is 399 Å². The summed E-state index contributed by atoms with van der Waals surface area (Å²) in [6.45, 7) is 6.51. The summed E-state index contributed by atoms with van der Waals surface area (Å²) in [7, 11) is 0. The minimum Gasteiger partial charge on any atom is -0.462 e. The highest BCUT2D eigenvalue weighted by molar-refractivity contribution is 5.71. The number of carbonyl (C=O) groups excluding carboxylic acids is 3. The Balaban J connectivity index is 4.09. The summed E-state index contributed by atoms with van der Waals surface area (Å²) in [5, 5.41) is 0. The Bertz CT molecular complexity index is 1470. The van der Waals surface area contributed by atoms with Gasteiger partial charge in [-0.15, -0.1) is 0 Å². The van der Waals surface area contributed by atoms with E-state index in [1.165, 1.54) is 283 Å². The third kappa shape index (κ3) is 69.8. The first-order valence-electron chi connectivity index (χ1n) is 36.8. The van der Waals surface area contributed by atoms with Crippen molar-refractivity contribution in [2.75, 3.05) is 13.2 Å². The van der Waals surface area contributed by atoms with Gasteiger partial charge in [0.25, 0.3) is 0 Å². The van der Waals surface area contributed by atoms with E-state index >= 15 is 0 Å². The maximum atomic E-state index is 12.9. The van der Waals surface area contributed by atoms with Gasteiger partial charge < -0.3 is 14.2 Å². The highest BCUT2D eigenvalue weighted by Gasteiger charge is 2.19. The lowest BCUT2D eigenvalue weighted by atomic mass is 10.0. The molecule has 0 bridgehead atoms. The predicted molar refractivity (Wildman–Crippen MR) is 362 cm³/mol. The molecule has 0 N–H and O–H groups in total. The van der Waals surface area contributed by atoms with Crippen molar-refractivity contribution in [3.8, 4) is 0 Å². The topological polar surface area (TPSA) is 78.9 Å². The minimum absolute atomic E-state index is 0.0946. The number of hydrogen-bond donors (Lipinski definition) is 0. The van der Waals surface area contributed by atoms with Gasteiger partial charge in [0, 0.05) is 19.3 Å². The molecule has 0 fully saturated rings. The zero-order valence-electron chi connectivity index (χ0n) is 55.7. The largest absolute Gasteiger partial charge is 0.462 e. The van der Waals surface area contributed by atoms with Crippen LogP contribution in [-0.2, 0) is 28.6 Å². The van der Waals surface area contributed by atoms with Gasteiger partial charge in [-0.3, -0.25) is 14.4 Å². The van der Waals surface area contributed by atoms with Crippen LogP contribution in [0.5, 0.6) is 0 Å². The van der Waals surface area contributed by atoms with E-state index in [0.717, 1.165) is 64.2 Å². The molecule has 0 aliphatic rings. The van der Waals surface area contributed by atoms with Crippen LogP contribution in [0.4, 0.5) is 0 Å². The minimum atomic E-state index is -0.805. The van der Waals surface area contributed by atoms with E-state index in [1.807, 2.05) is 6.08 Å². The average molecular weight is 1160 g/mol. The van der Waals surface area contributed by atoms with E-state index in [4.69, 9.17) is 14.2 Å². The van der Waals surface area contributed by atoms with Crippen molar-refractivity contribution in [3.63, 3.8) is 0 Å². The standard InChI is InChI=1S/C77H140O6/c1-4-7-10-13-16-19-22-25-27-29-30-31-32-33-34-35-36-37-38-39-40-41-42-43-44-45-46-48-49-52-55-58-61-64-67-70-76(79)82-73-74(72-81-75(78)69-66-63-60-57-54-51-24-21-18-15-12-9-6-3)83-77(80)71-68-65-62-59-56-53-50-47-28-26-23-20-17-14-11-8-5-2/h9,12,18,21,26,28,51,54,60,63,74H,4-8,10-11,13-17,19-20,22-25,27,29-50,52-53,55-59,61-62,64-73H2,1-3H3/b12-9-,21-18-,28-26-,54-51-,63-60-. The SMILES string of the molecule is CC/C=C\C/C=C\C/C=C\C/C=C\CCC(=O)OCC(COC(=O)CCCCCCCCCCCCCCCCCCCCCCCCCCCCCCCCCCCCC)OC(=O)CCCCCCCCC/C=C\CCCCCCCC. The molecule has 0 heterocycles. The molecule has 0 aliphatic heterocycles. The van der Waals surface area contributed by atoms with E-state index in [0.29, 0.717) is 19.3 Å². The number of ether oxygens (including phenoxy) is 3. The van der Waals surface area contributed by atoms with Crippen LogP contribution >= 0.6 is 0 Å². The maximum Gasteiger partial charge on any atom is 0.306 e. The summed E-state index contributed by atoms with van der Waals surface area (Å²) in [6.07, 6.45) is 93.1. The maximum absolute atomic E-state index is 12.9. The molecule has 0 saturated carbocycles. The molecule has 0 aromatic heterocycles. The number of hydrogen-bond acceptors (Lipinski definition) is 6. The highest BCUT2D eigenvalue weighted by Crippen LogP contribution is 2.19. The summed E-state index contributed by atoms with van der Waals surface area (Å²) >= 11 is 0. The smallest absolute Gasteiger partial charge is 0.306 e. The van der Waals surface area contributed by atoms with E-state index in [9.17, 15) is 14.4 Å². The monoisotopic (exact) mass is 1160 g/mol. The molecular weight excluding hydrogens is 1020 g/mol. The first-order chi connectivity index (χ1) is 41.0. The Morgan fingerprint density at radius 1 is 0.253 bits per heavy atom. The zero-order chi connectivity index (χ0) is 59.9. The number of unbranched alkanes of at least 4 members (excludes halogenated alkanes) is 47. The second kappa shape index (κ2) is 71.6. The van der Waals surface area contributed by atoms with Gasteiger partial charge in [-0.25, -0.2) is 0 Å². The highest BCUT2D eigenvalue weighted by atomic mass is 16.6. The first kappa shape index (κ1) is 80.1. The molecule has 83 heavy (non-hydrogen) atoms. The normalized spacial score (nSPS) is 12.4. The number of rotatable bonds is 68. The molecule has 0 spiro atoms. The van der Waals surface area contributed by atoms with Gasteiger partial charge in [0.2, 0.25) is 0 Å². The Labute approximate surface area is 517 Å². The molecule has 0 aliphatic carbocycles. The second-order valence-electron chi connectivity index (χ2n) is 24.8. The number of esters is 3.